The van der Waals surface area contributed by atoms with Crippen LogP contribution >= 0.6 is 11.6 Å². The molecule has 5 aromatic rings. The average Bonchev–Trinajstić information content (AvgIpc) is 3.40. The van der Waals surface area contributed by atoms with E-state index in [2.05, 4.69) is 145 Å². The first-order chi connectivity index (χ1) is 20.6. The highest BCUT2D eigenvalue weighted by Crippen LogP contribution is 2.58. The first-order valence-corrected chi connectivity index (χ1v) is 14.8. The summed E-state index contributed by atoms with van der Waals surface area (Å²) in [6.45, 7) is 4.51. The van der Waals surface area contributed by atoms with Gasteiger partial charge in [0.25, 0.3) is 0 Å². The Morgan fingerprint density at radius 2 is 1.38 bits per heavy atom. The number of allylic oxidation sites excluding steroid dienone is 8. The van der Waals surface area contributed by atoms with Crippen molar-refractivity contribution in [3.8, 4) is 5.69 Å². The Morgan fingerprint density at radius 1 is 0.738 bits per heavy atom. The molecule has 3 aromatic carbocycles. The maximum absolute atomic E-state index is 6.44. The molecule has 0 unspecified atom stereocenters. The number of halogens is 1. The summed E-state index contributed by atoms with van der Waals surface area (Å²) in [6.07, 6.45) is 13.2. The number of aromatic nitrogens is 2. The van der Waals surface area contributed by atoms with E-state index in [-0.39, 0.29) is 0 Å². The van der Waals surface area contributed by atoms with Gasteiger partial charge in [-0.05, 0) is 84.0 Å². The van der Waals surface area contributed by atoms with Crippen LogP contribution in [0.25, 0.3) is 22.4 Å². The van der Waals surface area contributed by atoms with E-state index in [1.165, 1.54) is 44.7 Å². The van der Waals surface area contributed by atoms with Crippen LogP contribution in [-0.4, -0.2) is 9.55 Å². The highest BCUT2D eigenvalue weighted by molar-refractivity contribution is 6.31. The largest absolute Gasteiger partial charge is 0.313 e. The Balaban J connectivity index is 1.58. The van der Waals surface area contributed by atoms with Crippen molar-refractivity contribution in [1.82, 2.24) is 9.55 Å². The Hall–Kier alpha value is -4.66. The fourth-order valence-electron chi connectivity index (χ4n) is 6.89. The molecule has 2 aromatic heterocycles. The number of hydrogen-bond donors (Lipinski definition) is 0. The number of hydrogen-bond acceptors (Lipinski definition) is 1. The van der Waals surface area contributed by atoms with Crippen LogP contribution in [0.2, 0.25) is 0 Å². The van der Waals surface area contributed by atoms with Crippen LogP contribution in [0.5, 0.6) is 0 Å². The molecule has 0 saturated heterocycles. The maximum atomic E-state index is 6.44. The standard InChI is InChI=1S/C39H31ClN2/c1-27-35-26-41-24-23-36(35)39(30-14-6-3-7-15-30,31-16-8-4-9-17-31)38(27)34-25-37(29-13-12-18-32(40)22-21-29)42(28(34)2)33-19-10-5-11-20-33/h3-11,13-26H,12H2,1-2H3. The number of pyridine rings is 1. The minimum atomic E-state index is -0.506. The van der Waals surface area contributed by atoms with Crippen molar-refractivity contribution >= 4 is 28.3 Å². The SMILES string of the molecule is CC1=C(c2cc(C3=CCC=C(Cl)C=C3)n(-c3ccccc3)c2C)C(c2ccccc2)(c2ccccc2)c2ccncc21. The molecule has 2 nitrogen and oxygen atoms in total. The van der Waals surface area contributed by atoms with Gasteiger partial charge in [0.1, 0.15) is 0 Å². The van der Waals surface area contributed by atoms with Gasteiger partial charge in [0.2, 0.25) is 0 Å². The monoisotopic (exact) mass is 562 g/mol. The van der Waals surface area contributed by atoms with Crippen molar-refractivity contribution in [2.45, 2.75) is 25.7 Å². The van der Waals surface area contributed by atoms with Gasteiger partial charge in [0.05, 0.1) is 11.1 Å². The summed E-state index contributed by atoms with van der Waals surface area (Å²) < 4.78 is 2.40. The van der Waals surface area contributed by atoms with Crippen molar-refractivity contribution in [2.24, 2.45) is 0 Å². The normalized spacial score (nSPS) is 15.7. The third kappa shape index (κ3) is 4.06. The molecule has 0 bridgehead atoms. The fourth-order valence-corrected chi connectivity index (χ4v) is 7.05. The van der Waals surface area contributed by atoms with E-state index < -0.39 is 5.41 Å². The van der Waals surface area contributed by atoms with E-state index in [9.17, 15) is 0 Å². The maximum Gasteiger partial charge on any atom is 0.0717 e. The fraction of sp³-hybridized carbons (Fsp3) is 0.103. The Kier molecular flexibility index (Phi) is 6.64. The van der Waals surface area contributed by atoms with Crippen LogP contribution in [0.4, 0.5) is 0 Å². The zero-order valence-electron chi connectivity index (χ0n) is 23.8. The predicted molar refractivity (Wildman–Crippen MR) is 176 cm³/mol. The van der Waals surface area contributed by atoms with Crippen molar-refractivity contribution in [1.29, 1.82) is 0 Å². The highest BCUT2D eigenvalue weighted by Gasteiger charge is 2.48. The Morgan fingerprint density at radius 3 is 2.05 bits per heavy atom. The molecule has 0 saturated carbocycles. The third-order valence-electron chi connectivity index (χ3n) is 8.69. The number of rotatable bonds is 5. The first-order valence-electron chi connectivity index (χ1n) is 14.4. The van der Waals surface area contributed by atoms with Crippen molar-refractivity contribution < 1.29 is 0 Å². The molecular weight excluding hydrogens is 532 g/mol. The lowest BCUT2D eigenvalue weighted by molar-refractivity contribution is 0.810. The second-order valence-electron chi connectivity index (χ2n) is 10.9. The molecule has 0 radical (unpaired) electrons. The van der Waals surface area contributed by atoms with Gasteiger partial charge in [-0.3, -0.25) is 4.98 Å². The highest BCUT2D eigenvalue weighted by atomic mass is 35.5. The van der Waals surface area contributed by atoms with Crippen LogP contribution in [0.15, 0.2) is 145 Å². The Bertz CT molecular complexity index is 1870. The van der Waals surface area contributed by atoms with Gasteiger partial charge in [-0.15, -0.1) is 0 Å². The molecule has 0 spiro atoms. The molecule has 42 heavy (non-hydrogen) atoms. The van der Waals surface area contributed by atoms with E-state index in [1.807, 2.05) is 18.5 Å². The molecule has 0 amide bonds. The lowest BCUT2D eigenvalue weighted by Gasteiger charge is -2.36. The molecular formula is C39H31ClN2. The van der Waals surface area contributed by atoms with E-state index in [1.54, 1.807) is 0 Å². The van der Waals surface area contributed by atoms with E-state index >= 15 is 0 Å². The van der Waals surface area contributed by atoms with Crippen molar-refractivity contribution in [3.05, 3.63) is 184 Å². The minimum Gasteiger partial charge on any atom is -0.313 e. The van der Waals surface area contributed by atoms with Gasteiger partial charge in [-0.1, -0.05) is 109 Å². The van der Waals surface area contributed by atoms with Crippen molar-refractivity contribution in [3.63, 3.8) is 0 Å². The summed E-state index contributed by atoms with van der Waals surface area (Å²) in [5, 5.41) is 0.764. The summed E-state index contributed by atoms with van der Waals surface area (Å²) in [5.41, 5.74) is 12.8. The summed E-state index contributed by atoms with van der Waals surface area (Å²) >= 11 is 6.44. The van der Waals surface area contributed by atoms with E-state index in [4.69, 9.17) is 11.6 Å². The van der Waals surface area contributed by atoms with Gasteiger partial charge < -0.3 is 4.57 Å². The molecule has 0 fully saturated rings. The third-order valence-corrected chi connectivity index (χ3v) is 8.97. The smallest absolute Gasteiger partial charge is 0.0717 e. The molecule has 7 rings (SSSR count). The molecule has 0 N–H and O–H groups in total. The van der Waals surface area contributed by atoms with Crippen molar-refractivity contribution in [2.75, 3.05) is 0 Å². The van der Waals surface area contributed by atoms with Gasteiger partial charge in [-0.2, -0.15) is 0 Å². The number of fused-ring (bicyclic) bond motifs is 1. The van der Waals surface area contributed by atoms with Crippen LogP contribution in [0, 0.1) is 6.92 Å². The number of nitrogens with zero attached hydrogens (tertiary/aromatic N) is 2. The van der Waals surface area contributed by atoms with Crippen LogP contribution in [0.1, 0.15) is 52.5 Å². The molecule has 2 aliphatic carbocycles. The molecule has 2 aliphatic rings. The van der Waals surface area contributed by atoms with E-state index in [0.717, 1.165) is 28.4 Å². The molecule has 2 heterocycles. The second kappa shape index (κ2) is 10.6. The van der Waals surface area contributed by atoms with Gasteiger partial charge >= 0.3 is 0 Å². The predicted octanol–water partition coefficient (Wildman–Crippen LogP) is 9.93. The van der Waals surface area contributed by atoms with Gasteiger partial charge in [0, 0.05) is 39.9 Å². The quantitative estimate of drug-likeness (QED) is 0.208. The topological polar surface area (TPSA) is 17.8 Å². The summed E-state index contributed by atoms with van der Waals surface area (Å²) in [5.74, 6) is 0. The number of benzene rings is 3. The first kappa shape index (κ1) is 26.3. The lowest BCUT2D eigenvalue weighted by atomic mass is 9.65. The van der Waals surface area contributed by atoms with Gasteiger partial charge in [0.15, 0.2) is 0 Å². The van der Waals surface area contributed by atoms with Crippen LogP contribution in [-0.2, 0) is 5.41 Å². The molecule has 0 atom stereocenters. The molecule has 0 aliphatic heterocycles. The van der Waals surface area contributed by atoms with Gasteiger partial charge in [-0.25, -0.2) is 0 Å². The summed E-state index contributed by atoms with van der Waals surface area (Å²) in [4.78, 5) is 4.60. The Labute approximate surface area is 252 Å². The molecule has 3 heteroatoms. The lowest BCUT2D eigenvalue weighted by Crippen LogP contribution is -2.29. The zero-order chi connectivity index (χ0) is 28.7. The average molecular weight is 563 g/mol. The summed E-state index contributed by atoms with van der Waals surface area (Å²) in [6, 6.07) is 37.1. The molecule has 204 valence electrons. The van der Waals surface area contributed by atoms with Crippen LogP contribution < -0.4 is 0 Å². The van der Waals surface area contributed by atoms with E-state index in [0.29, 0.717) is 0 Å². The van der Waals surface area contributed by atoms with Crippen LogP contribution in [0.3, 0.4) is 0 Å². The number of para-hydroxylation sites is 1. The minimum absolute atomic E-state index is 0.506. The zero-order valence-corrected chi connectivity index (χ0v) is 24.5. The summed E-state index contributed by atoms with van der Waals surface area (Å²) in [7, 11) is 0. The second-order valence-corrected chi connectivity index (χ2v) is 11.4.